The van der Waals surface area contributed by atoms with Crippen LogP contribution in [0, 0.1) is 11.3 Å². The Kier molecular flexibility index (Phi) is 7.06. The van der Waals surface area contributed by atoms with E-state index >= 15 is 0 Å². The van der Waals surface area contributed by atoms with E-state index in [1.807, 2.05) is 0 Å². The minimum atomic E-state index is 0.110. The first-order valence-corrected chi connectivity index (χ1v) is 7.92. The highest BCUT2D eigenvalue weighted by Crippen LogP contribution is 2.23. The number of halogens is 1. The fourth-order valence-corrected chi connectivity index (χ4v) is 3.04. The van der Waals surface area contributed by atoms with Crippen LogP contribution in [0.4, 0.5) is 0 Å². The summed E-state index contributed by atoms with van der Waals surface area (Å²) >= 11 is 5.78. The van der Waals surface area contributed by atoms with Crippen LogP contribution in [0.15, 0.2) is 0 Å². The number of hydrogen-bond acceptors (Lipinski definition) is 1. The summed E-state index contributed by atoms with van der Waals surface area (Å²) in [5.74, 6) is 1.17. The van der Waals surface area contributed by atoms with E-state index in [0.717, 1.165) is 25.8 Å². The van der Waals surface area contributed by atoms with Crippen LogP contribution in [0.2, 0.25) is 0 Å². The zero-order valence-electron chi connectivity index (χ0n) is 11.9. The Bertz CT molecular complexity index is 245. The molecule has 18 heavy (non-hydrogen) atoms. The van der Waals surface area contributed by atoms with Crippen molar-refractivity contribution < 1.29 is 4.79 Å². The average Bonchev–Trinajstić information content (AvgIpc) is 2.25. The molecule has 1 amide bonds. The van der Waals surface area contributed by atoms with E-state index in [2.05, 4.69) is 19.2 Å². The monoisotopic (exact) mass is 273 g/mol. The molecule has 0 aromatic heterocycles. The third kappa shape index (κ3) is 6.08. The van der Waals surface area contributed by atoms with Crippen molar-refractivity contribution in [2.45, 2.75) is 65.2 Å². The van der Waals surface area contributed by atoms with Crippen LogP contribution in [0.25, 0.3) is 0 Å². The van der Waals surface area contributed by atoms with Crippen molar-refractivity contribution in [2.75, 3.05) is 12.4 Å². The predicted molar refractivity (Wildman–Crippen MR) is 77.9 cm³/mol. The van der Waals surface area contributed by atoms with Crippen molar-refractivity contribution in [1.29, 1.82) is 0 Å². The molecule has 0 aromatic carbocycles. The summed E-state index contributed by atoms with van der Waals surface area (Å²) in [5, 5.41) is 3.13. The molecule has 0 spiro atoms. The van der Waals surface area contributed by atoms with Gasteiger partial charge in [-0.1, -0.05) is 46.0 Å². The normalized spacial score (nSPS) is 19.1. The molecule has 0 heterocycles. The molecule has 1 fully saturated rings. The van der Waals surface area contributed by atoms with E-state index in [9.17, 15) is 4.79 Å². The number of carbonyl (C=O) groups is 1. The molecule has 1 saturated carbocycles. The van der Waals surface area contributed by atoms with Crippen molar-refractivity contribution in [3.05, 3.63) is 0 Å². The van der Waals surface area contributed by atoms with E-state index in [1.165, 1.54) is 32.1 Å². The van der Waals surface area contributed by atoms with E-state index in [1.54, 1.807) is 0 Å². The molecule has 0 radical (unpaired) electrons. The van der Waals surface area contributed by atoms with Gasteiger partial charge in [-0.3, -0.25) is 4.79 Å². The molecular formula is C15H28ClNO. The Morgan fingerprint density at radius 3 is 2.28 bits per heavy atom. The molecular weight excluding hydrogens is 246 g/mol. The summed E-state index contributed by atoms with van der Waals surface area (Å²) in [5.41, 5.74) is 0.110. The van der Waals surface area contributed by atoms with Crippen molar-refractivity contribution in [1.82, 2.24) is 5.32 Å². The fraction of sp³-hybridized carbons (Fsp3) is 0.933. The van der Waals surface area contributed by atoms with E-state index in [4.69, 9.17) is 11.6 Å². The van der Waals surface area contributed by atoms with Gasteiger partial charge in [0, 0.05) is 18.3 Å². The maximum Gasteiger partial charge on any atom is 0.223 e. The van der Waals surface area contributed by atoms with Crippen LogP contribution in [-0.4, -0.2) is 18.3 Å². The van der Waals surface area contributed by atoms with Crippen molar-refractivity contribution >= 4 is 17.5 Å². The number of rotatable bonds is 5. The van der Waals surface area contributed by atoms with Crippen LogP contribution in [0.5, 0.6) is 0 Å². The van der Waals surface area contributed by atoms with Gasteiger partial charge in [-0.05, 0) is 24.7 Å². The number of nitrogens with one attached hydrogen (secondary N) is 1. The molecule has 1 rings (SSSR count). The molecule has 0 aromatic rings. The molecule has 0 aliphatic heterocycles. The largest absolute Gasteiger partial charge is 0.355 e. The third-order valence-corrected chi connectivity index (χ3v) is 4.18. The fourth-order valence-electron chi connectivity index (χ4n) is 2.53. The summed E-state index contributed by atoms with van der Waals surface area (Å²) < 4.78 is 0. The van der Waals surface area contributed by atoms with Gasteiger partial charge in [0.2, 0.25) is 5.91 Å². The molecule has 3 heteroatoms. The van der Waals surface area contributed by atoms with Gasteiger partial charge < -0.3 is 5.32 Å². The lowest BCUT2D eigenvalue weighted by atomic mass is 9.88. The Balaban J connectivity index is 2.34. The van der Waals surface area contributed by atoms with Gasteiger partial charge in [0.05, 0.1) is 0 Å². The first kappa shape index (κ1) is 15.8. The highest BCUT2D eigenvalue weighted by molar-refractivity contribution is 6.17. The molecule has 106 valence electrons. The molecule has 2 nitrogen and oxygen atoms in total. The van der Waals surface area contributed by atoms with Crippen LogP contribution in [-0.2, 0) is 4.79 Å². The van der Waals surface area contributed by atoms with Gasteiger partial charge in [0.25, 0.3) is 0 Å². The highest BCUT2D eigenvalue weighted by Gasteiger charge is 2.22. The zero-order chi connectivity index (χ0) is 13.4. The van der Waals surface area contributed by atoms with Crippen LogP contribution >= 0.6 is 11.6 Å². The Morgan fingerprint density at radius 2 is 1.72 bits per heavy atom. The second-order valence-electron chi connectivity index (χ2n) is 6.36. The number of hydrogen-bond donors (Lipinski definition) is 1. The standard InChI is InChI=1S/C15H28ClNO/c1-15(2,10-11-16)12-17-14(18)13-8-6-4-3-5-7-9-13/h13H,3-12H2,1-2H3,(H,17,18). The number of carbonyl (C=O) groups excluding carboxylic acids is 1. The van der Waals surface area contributed by atoms with Crippen molar-refractivity contribution in [3.8, 4) is 0 Å². The Hall–Kier alpha value is -0.240. The van der Waals surface area contributed by atoms with Gasteiger partial charge >= 0.3 is 0 Å². The smallest absolute Gasteiger partial charge is 0.223 e. The summed E-state index contributed by atoms with van der Waals surface area (Å²) in [6.45, 7) is 5.07. The van der Waals surface area contributed by atoms with Crippen LogP contribution in [0.3, 0.4) is 0 Å². The van der Waals surface area contributed by atoms with Gasteiger partial charge in [0.15, 0.2) is 0 Å². The lowest BCUT2D eigenvalue weighted by molar-refractivity contribution is -0.126. The second-order valence-corrected chi connectivity index (χ2v) is 6.74. The first-order valence-electron chi connectivity index (χ1n) is 7.39. The number of alkyl halides is 1. The van der Waals surface area contributed by atoms with Gasteiger partial charge in [0.1, 0.15) is 0 Å². The first-order chi connectivity index (χ1) is 8.55. The number of amides is 1. The van der Waals surface area contributed by atoms with Gasteiger partial charge in [-0.2, -0.15) is 0 Å². The van der Waals surface area contributed by atoms with Crippen LogP contribution in [0.1, 0.15) is 65.2 Å². The highest BCUT2D eigenvalue weighted by atomic mass is 35.5. The van der Waals surface area contributed by atoms with E-state index in [0.29, 0.717) is 5.88 Å². The van der Waals surface area contributed by atoms with Crippen molar-refractivity contribution in [2.24, 2.45) is 11.3 Å². The molecule has 0 bridgehead atoms. The van der Waals surface area contributed by atoms with Crippen LogP contribution < -0.4 is 5.32 Å². The molecule has 0 unspecified atom stereocenters. The summed E-state index contributed by atoms with van der Waals surface area (Å²) in [6, 6.07) is 0. The SMILES string of the molecule is CC(C)(CCCl)CNC(=O)C1CCCCCCC1. The van der Waals surface area contributed by atoms with Gasteiger partial charge in [-0.25, -0.2) is 0 Å². The summed E-state index contributed by atoms with van der Waals surface area (Å²) in [7, 11) is 0. The lowest BCUT2D eigenvalue weighted by Gasteiger charge is -2.26. The maximum atomic E-state index is 12.2. The average molecular weight is 274 g/mol. The minimum absolute atomic E-state index is 0.110. The molecule has 1 aliphatic carbocycles. The second kappa shape index (κ2) is 8.04. The quantitative estimate of drug-likeness (QED) is 0.750. The molecule has 0 saturated heterocycles. The predicted octanol–water partition coefficient (Wildman–Crippen LogP) is 4.12. The van der Waals surface area contributed by atoms with Gasteiger partial charge in [-0.15, -0.1) is 11.6 Å². The van der Waals surface area contributed by atoms with Crippen molar-refractivity contribution in [3.63, 3.8) is 0 Å². The van der Waals surface area contributed by atoms with E-state index in [-0.39, 0.29) is 17.2 Å². The summed E-state index contributed by atoms with van der Waals surface area (Å²) in [4.78, 5) is 12.2. The molecule has 1 N–H and O–H groups in total. The van der Waals surface area contributed by atoms with E-state index < -0.39 is 0 Å². The molecule has 0 atom stereocenters. The Morgan fingerprint density at radius 1 is 1.17 bits per heavy atom. The zero-order valence-corrected chi connectivity index (χ0v) is 12.7. The third-order valence-electron chi connectivity index (χ3n) is 3.99. The molecule has 1 aliphatic rings. The Labute approximate surface area is 117 Å². The topological polar surface area (TPSA) is 29.1 Å². The summed E-state index contributed by atoms with van der Waals surface area (Å²) in [6.07, 6.45) is 9.44. The maximum absolute atomic E-state index is 12.2. The minimum Gasteiger partial charge on any atom is -0.355 e. The lowest BCUT2D eigenvalue weighted by Crippen LogP contribution is -2.38.